The van der Waals surface area contributed by atoms with Gasteiger partial charge in [-0.25, -0.2) is 9.48 Å². The zero-order valence-electron chi connectivity index (χ0n) is 17.6. The maximum atomic E-state index is 12.8. The van der Waals surface area contributed by atoms with Gasteiger partial charge in [0.15, 0.2) is 17.3 Å². The number of amides is 1. The normalized spacial score (nSPS) is 13.1. The maximum absolute atomic E-state index is 12.8. The SMILES string of the molecule is COc1ccc(CC(=O)NCCn2nc(-c3cccnc3)n(C3CC3)c2=O)cc1OC. The summed E-state index contributed by atoms with van der Waals surface area (Å²) in [4.78, 5) is 29.3. The first-order chi connectivity index (χ1) is 15.1. The molecule has 1 amide bonds. The zero-order valence-corrected chi connectivity index (χ0v) is 17.6. The highest BCUT2D eigenvalue weighted by Crippen LogP contribution is 2.36. The second-order valence-electron chi connectivity index (χ2n) is 7.39. The Hall–Kier alpha value is -3.62. The molecule has 9 heteroatoms. The third-order valence-electron chi connectivity index (χ3n) is 5.16. The van der Waals surface area contributed by atoms with Crippen molar-refractivity contribution >= 4 is 5.91 Å². The Kier molecular flexibility index (Phi) is 6.01. The Morgan fingerprint density at radius 1 is 1.19 bits per heavy atom. The van der Waals surface area contributed by atoms with Gasteiger partial charge in [-0.3, -0.25) is 14.3 Å². The van der Waals surface area contributed by atoms with E-state index in [0.717, 1.165) is 24.0 Å². The molecule has 1 aromatic carbocycles. The molecule has 1 saturated carbocycles. The maximum Gasteiger partial charge on any atom is 0.346 e. The molecular weight excluding hydrogens is 398 g/mol. The highest BCUT2D eigenvalue weighted by atomic mass is 16.5. The van der Waals surface area contributed by atoms with Crippen LogP contribution in [0, 0.1) is 0 Å². The van der Waals surface area contributed by atoms with Gasteiger partial charge in [0.1, 0.15) is 0 Å². The summed E-state index contributed by atoms with van der Waals surface area (Å²) in [5, 5.41) is 7.36. The molecule has 0 saturated heterocycles. The Morgan fingerprint density at radius 2 is 2.00 bits per heavy atom. The Balaban J connectivity index is 1.40. The second kappa shape index (κ2) is 9.03. The fourth-order valence-corrected chi connectivity index (χ4v) is 3.46. The monoisotopic (exact) mass is 423 g/mol. The van der Waals surface area contributed by atoms with Crippen LogP contribution in [0.25, 0.3) is 11.4 Å². The molecule has 1 N–H and O–H groups in total. The molecule has 31 heavy (non-hydrogen) atoms. The lowest BCUT2D eigenvalue weighted by Crippen LogP contribution is -2.32. The van der Waals surface area contributed by atoms with Gasteiger partial charge >= 0.3 is 5.69 Å². The van der Waals surface area contributed by atoms with Crippen LogP contribution in [0.2, 0.25) is 0 Å². The molecule has 9 nitrogen and oxygen atoms in total. The van der Waals surface area contributed by atoms with E-state index in [1.807, 2.05) is 18.2 Å². The number of hydrogen-bond acceptors (Lipinski definition) is 6. The van der Waals surface area contributed by atoms with E-state index in [1.165, 1.54) is 4.68 Å². The first-order valence-corrected chi connectivity index (χ1v) is 10.2. The van der Waals surface area contributed by atoms with Crippen molar-refractivity contribution in [3.05, 3.63) is 58.8 Å². The van der Waals surface area contributed by atoms with Crippen molar-refractivity contribution < 1.29 is 14.3 Å². The molecule has 1 aliphatic rings. The highest BCUT2D eigenvalue weighted by Gasteiger charge is 2.30. The predicted molar refractivity (Wildman–Crippen MR) is 114 cm³/mol. The van der Waals surface area contributed by atoms with Gasteiger partial charge in [-0.1, -0.05) is 6.07 Å². The van der Waals surface area contributed by atoms with Crippen molar-refractivity contribution in [2.75, 3.05) is 20.8 Å². The highest BCUT2D eigenvalue weighted by molar-refractivity contribution is 5.78. The first kappa shape index (κ1) is 20.6. The number of ether oxygens (including phenoxy) is 2. The van der Waals surface area contributed by atoms with Crippen LogP contribution in [0.3, 0.4) is 0 Å². The molecule has 0 bridgehead atoms. The molecule has 4 rings (SSSR count). The lowest BCUT2D eigenvalue weighted by molar-refractivity contribution is -0.120. The Morgan fingerprint density at radius 3 is 2.68 bits per heavy atom. The molecule has 0 radical (unpaired) electrons. The number of aromatic nitrogens is 4. The number of carbonyl (C=O) groups is 1. The Labute approximate surface area is 179 Å². The molecule has 0 unspecified atom stereocenters. The summed E-state index contributed by atoms with van der Waals surface area (Å²) in [7, 11) is 3.12. The molecule has 3 aromatic rings. The third kappa shape index (κ3) is 4.60. The minimum absolute atomic E-state index is 0.144. The standard InChI is InChI=1S/C22H25N5O4/c1-30-18-8-5-15(12-19(18)31-2)13-20(28)24-10-11-26-22(29)27(17-6-7-17)21(25-26)16-4-3-9-23-14-16/h3-5,8-9,12,14,17H,6-7,10-11,13H2,1-2H3,(H,24,28). The molecule has 2 aromatic heterocycles. The van der Waals surface area contributed by atoms with Crippen molar-refractivity contribution in [3.63, 3.8) is 0 Å². The quantitative estimate of drug-likeness (QED) is 0.564. The number of methoxy groups -OCH3 is 2. The van der Waals surface area contributed by atoms with Crippen LogP contribution in [-0.2, 0) is 17.8 Å². The van der Waals surface area contributed by atoms with Gasteiger partial charge in [0, 0.05) is 30.5 Å². The molecule has 1 aliphatic carbocycles. The number of benzene rings is 1. The van der Waals surface area contributed by atoms with Gasteiger partial charge in [-0.2, -0.15) is 0 Å². The molecule has 0 spiro atoms. The molecule has 162 valence electrons. The van der Waals surface area contributed by atoms with Gasteiger partial charge in [0.2, 0.25) is 5.91 Å². The van der Waals surface area contributed by atoms with E-state index in [9.17, 15) is 9.59 Å². The lowest BCUT2D eigenvalue weighted by atomic mass is 10.1. The molecule has 0 atom stereocenters. The van der Waals surface area contributed by atoms with Crippen LogP contribution in [0.15, 0.2) is 47.5 Å². The van der Waals surface area contributed by atoms with Gasteiger partial charge in [0.25, 0.3) is 0 Å². The minimum Gasteiger partial charge on any atom is -0.493 e. The topological polar surface area (TPSA) is 100 Å². The molecule has 2 heterocycles. The van der Waals surface area contributed by atoms with Gasteiger partial charge in [0.05, 0.1) is 27.2 Å². The molecular formula is C22H25N5O4. The van der Waals surface area contributed by atoms with Crippen LogP contribution < -0.4 is 20.5 Å². The van der Waals surface area contributed by atoms with E-state index in [0.29, 0.717) is 30.4 Å². The summed E-state index contributed by atoms with van der Waals surface area (Å²) in [5.74, 6) is 1.67. The minimum atomic E-state index is -0.157. The summed E-state index contributed by atoms with van der Waals surface area (Å²) in [6.07, 6.45) is 5.54. The van der Waals surface area contributed by atoms with Gasteiger partial charge in [-0.05, 0) is 42.7 Å². The summed E-state index contributed by atoms with van der Waals surface area (Å²) >= 11 is 0. The zero-order chi connectivity index (χ0) is 21.8. The largest absolute Gasteiger partial charge is 0.493 e. The van der Waals surface area contributed by atoms with Crippen molar-refractivity contribution in [1.82, 2.24) is 24.6 Å². The van der Waals surface area contributed by atoms with Crippen molar-refractivity contribution in [3.8, 4) is 22.9 Å². The van der Waals surface area contributed by atoms with Crippen LogP contribution >= 0.6 is 0 Å². The first-order valence-electron chi connectivity index (χ1n) is 10.2. The van der Waals surface area contributed by atoms with Crippen molar-refractivity contribution in [1.29, 1.82) is 0 Å². The average Bonchev–Trinajstić information content (AvgIpc) is 3.58. The van der Waals surface area contributed by atoms with Crippen molar-refractivity contribution in [2.45, 2.75) is 31.8 Å². The van der Waals surface area contributed by atoms with E-state index in [2.05, 4.69) is 15.4 Å². The summed E-state index contributed by atoms with van der Waals surface area (Å²) in [6, 6.07) is 9.28. The summed E-state index contributed by atoms with van der Waals surface area (Å²) in [5.41, 5.74) is 1.46. The fraction of sp³-hybridized carbons (Fsp3) is 0.364. The lowest BCUT2D eigenvalue weighted by Gasteiger charge is -2.10. The fourth-order valence-electron chi connectivity index (χ4n) is 3.46. The smallest absolute Gasteiger partial charge is 0.346 e. The van der Waals surface area contributed by atoms with E-state index in [1.54, 1.807) is 43.3 Å². The van der Waals surface area contributed by atoms with Crippen LogP contribution in [-0.4, -0.2) is 46.0 Å². The van der Waals surface area contributed by atoms with E-state index < -0.39 is 0 Å². The number of pyridine rings is 1. The number of nitrogens with one attached hydrogen (secondary N) is 1. The molecule has 1 fully saturated rings. The number of carbonyl (C=O) groups excluding carboxylic acids is 1. The third-order valence-corrected chi connectivity index (χ3v) is 5.16. The number of nitrogens with zero attached hydrogens (tertiary/aromatic N) is 4. The van der Waals surface area contributed by atoms with Crippen LogP contribution in [0.5, 0.6) is 11.5 Å². The Bertz CT molecular complexity index is 1120. The number of hydrogen-bond donors (Lipinski definition) is 1. The molecule has 0 aliphatic heterocycles. The van der Waals surface area contributed by atoms with E-state index in [-0.39, 0.29) is 24.1 Å². The second-order valence-corrected chi connectivity index (χ2v) is 7.39. The van der Waals surface area contributed by atoms with E-state index >= 15 is 0 Å². The summed E-state index contributed by atoms with van der Waals surface area (Å²) in [6.45, 7) is 0.601. The predicted octanol–water partition coefficient (Wildman–Crippen LogP) is 1.82. The number of rotatable bonds is 9. The van der Waals surface area contributed by atoms with Gasteiger partial charge in [-0.15, -0.1) is 5.10 Å². The summed E-state index contributed by atoms with van der Waals surface area (Å²) < 4.78 is 13.6. The average molecular weight is 423 g/mol. The van der Waals surface area contributed by atoms with Gasteiger partial charge < -0.3 is 14.8 Å². The van der Waals surface area contributed by atoms with Crippen LogP contribution in [0.4, 0.5) is 0 Å². The van der Waals surface area contributed by atoms with Crippen LogP contribution in [0.1, 0.15) is 24.4 Å². The van der Waals surface area contributed by atoms with Crippen molar-refractivity contribution in [2.24, 2.45) is 0 Å². The van der Waals surface area contributed by atoms with E-state index in [4.69, 9.17) is 9.47 Å².